The van der Waals surface area contributed by atoms with Crippen LogP contribution in [-0.2, 0) is 0 Å². The van der Waals surface area contributed by atoms with E-state index in [4.69, 9.17) is 0 Å². The Morgan fingerprint density at radius 2 is 1.86 bits per heavy atom. The van der Waals surface area contributed by atoms with E-state index < -0.39 is 0 Å². The van der Waals surface area contributed by atoms with E-state index in [1.54, 1.807) is 0 Å². The Morgan fingerprint density at radius 3 is 2.43 bits per heavy atom. The maximum Gasteiger partial charge on any atom is 0.151 e. The predicted molar refractivity (Wildman–Crippen MR) is 59.4 cm³/mol. The van der Waals surface area contributed by atoms with Gasteiger partial charge in [0.05, 0.1) is 0 Å². The minimum absolute atomic E-state index is 0.787. The second kappa shape index (κ2) is 4.23. The van der Waals surface area contributed by atoms with Gasteiger partial charge in [0, 0.05) is 26.2 Å². The fraction of sp³-hybridized carbons (Fsp3) is 0.556. The minimum Gasteiger partial charge on any atom is -0.353 e. The maximum atomic E-state index is 4.14. The third-order valence-electron chi connectivity index (χ3n) is 2.45. The lowest BCUT2D eigenvalue weighted by Gasteiger charge is -2.32. The zero-order chi connectivity index (χ0) is 9.97. The molecule has 0 bridgehead atoms. The fourth-order valence-electron chi connectivity index (χ4n) is 1.51. The van der Waals surface area contributed by atoms with Crippen molar-refractivity contribution < 1.29 is 0 Å². The SMILES string of the molecule is CN1CCN(c2ccc(Br)nn2)CC1. The molecule has 2 heterocycles. The van der Waals surface area contributed by atoms with Crippen LogP contribution >= 0.6 is 15.9 Å². The molecular weight excluding hydrogens is 244 g/mol. The van der Waals surface area contributed by atoms with Gasteiger partial charge in [-0.2, -0.15) is 0 Å². The number of nitrogens with zero attached hydrogens (tertiary/aromatic N) is 4. The van der Waals surface area contributed by atoms with E-state index in [2.05, 4.69) is 43.0 Å². The highest BCUT2D eigenvalue weighted by Crippen LogP contribution is 2.13. The van der Waals surface area contributed by atoms with Gasteiger partial charge in [0.1, 0.15) is 4.60 Å². The van der Waals surface area contributed by atoms with Crippen LogP contribution in [-0.4, -0.2) is 48.3 Å². The molecule has 1 saturated heterocycles. The summed E-state index contributed by atoms with van der Waals surface area (Å²) in [4.78, 5) is 4.59. The Hall–Kier alpha value is -0.680. The number of halogens is 1. The topological polar surface area (TPSA) is 32.3 Å². The highest BCUT2D eigenvalue weighted by molar-refractivity contribution is 9.10. The summed E-state index contributed by atoms with van der Waals surface area (Å²) in [5.41, 5.74) is 0. The number of aromatic nitrogens is 2. The summed E-state index contributed by atoms with van der Waals surface area (Å²) in [7, 11) is 2.14. The summed E-state index contributed by atoms with van der Waals surface area (Å²) in [6.07, 6.45) is 0. The molecule has 0 spiro atoms. The molecule has 0 aliphatic carbocycles. The van der Waals surface area contributed by atoms with Crippen LogP contribution in [0.3, 0.4) is 0 Å². The van der Waals surface area contributed by atoms with Crippen LogP contribution in [0.25, 0.3) is 0 Å². The first-order valence-corrected chi connectivity index (χ1v) is 5.48. The smallest absolute Gasteiger partial charge is 0.151 e. The van der Waals surface area contributed by atoms with Gasteiger partial charge in [-0.25, -0.2) is 0 Å². The van der Waals surface area contributed by atoms with Crippen LogP contribution in [0.2, 0.25) is 0 Å². The van der Waals surface area contributed by atoms with Gasteiger partial charge < -0.3 is 9.80 Å². The largest absolute Gasteiger partial charge is 0.353 e. The number of hydrogen-bond acceptors (Lipinski definition) is 4. The van der Waals surface area contributed by atoms with Crippen molar-refractivity contribution in [1.82, 2.24) is 15.1 Å². The summed E-state index contributed by atoms with van der Waals surface area (Å²) in [5.74, 6) is 0.973. The second-order valence-corrected chi connectivity index (χ2v) is 4.32. The highest BCUT2D eigenvalue weighted by atomic mass is 79.9. The molecule has 1 aliphatic rings. The Bertz CT molecular complexity index is 292. The van der Waals surface area contributed by atoms with Crippen molar-refractivity contribution in [3.05, 3.63) is 16.7 Å². The van der Waals surface area contributed by atoms with Gasteiger partial charge in [-0.3, -0.25) is 0 Å². The Labute approximate surface area is 92.0 Å². The molecule has 0 atom stereocenters. The molecule has 1 fully saturated rings. The van der Waals surface area contributed by atoms with Crippen LogP contribution in [0.4, 0.5) is 5.82 Å². The average Bonchev–Trinajstić information content (AvgIpc) is 2.21. The van der Waals surface area contributed by atoms with E-state index in [0.717, 1.165) is 36.6 Å². The lowest BCUT2D eigenvalue weighted by Crippen LogP contribution is -2.44. The Morgan fingerprint density at radius 1 is 1.14 bits per heavy atom. The van der Waals surface area contributed by atoms with Gasteiger partial charge in [0.15, 0.2) is 5.82 Å². The minimum atomic E-state index is 0.787. The van der Waals surface area contributed by atoms with Crippen LogP contribution in [0.5, 0.6) is 0 Å². The predicted octanol–water partition coefficient (Wildman–Crippen LogP) is 0.991. The number of likely N-dealkylation sites (N-methyl/N-ethyl adjacent to an activating group) is 1. The summed E-state index contributed by atoms with van der Waals surface area (Å²) < 4.78 is 0.787. The molecular formula is C9H13BrN4. The zero-order valence-electron chi connectivity index (χ0n) is 8.15. The molecule has 1 aromatic heterocycles. The summed E-state index contributed by atoms with van der Waals surface area (Å²) in [6.45, 7) is 4.26. The number of piperazine rings is 1. The third-order valence-corrected chi connectivity index (χ3v) is 2.87. The van der Waals surface area contributed by atoms with Crippen LogP contribution in [0.1, 0.15) is 0 Å². The summed E-state index contributed by atoms with van der Waals surface area (Å²) >= 11 is 3.28. The molecule has 2 rings (SSSR count). The second-order valence-electron chi connectivity index (χ2n) is 3.50. The average molecular weight is 257 g/mol. The lowest BCUT2D eigenvalue weighted by atomic mass is 10.3. The molecule has 0 unspecified atom stereocenters. The first kappa shape index (κ1) is 9.86. The quantitative estimate of drug-likeness (QED) is 0.751. The lowest BCUT2D eigenvalue weighted by molar-refractivity contribution is 0.312. The molecule has 0 aromatic carbocycles. The van der Waals surface area contributed by atoms with Crippen LogP contribution in [0, 0.1) is 0 Å². The molecule has 0 saturated carbocycles. The highest BCUT2D eigenvalue weighted by Gasteiger charge is 2.14. The van der Waals surface area contributed by atoms with E-state index in [1.165, 1.54) is 0 Å². The van der Waals surface area contributed by atoms with Crippen LogP contribution in [0.15, 0.2) is 16.7 Å². The van der Waals surface area contributed by atoms with E-state index in [-0.39, 0.29) is 0 Å². The summed E-state index contributed by atoms with van der Waals surface area (Å²) in [5, 5.41) is 8.12. The first-order chi connectivity index (χ1) is 6.75. The number of anilines is 1. The molecule has 0 amide bonds. The molecule has 14 heavy (non-hydrogen) atoms. The van der Waals surface area contributed by atoms with E-state index in [0.29, 0.717) is 0 Å². The number of rotatable bonds is 1. The third kappa shape index (κ3) is 2.22. The Kier molecular flexibility index (Phi) is 2.98. The van der Waals surface area contributed by atoms with Gasteiger partial charge in [-0.05, 0) is 35.1 Å². The molecule has 4 nitrogen and oxygen atoms in total. The molecule has 5 heteroatoms. The Balaban J connectivity index is 2.05. The molecule has 0 N–H and O–H groups in total. The van der Waals surface area contributed by atoms with Crippen molar-refractivity contribution >= 4 is 21.7 Å². The first-order valence-electron chi connectivity index (χ1n) is 4.68. The van der Waals surface area contributed by atoms with Crippen molar-refractivity contribution in [2.75, 3.05) is 38.1 Å². The van der Waals surface area contributed by atoms with E-state index >= 15 is 0 Å². The van der Waals surface area contributed by atoms with E-state index in [1.807, 2.05) is 12.1 Å². The number of hydrogen-bond donors (Lipinski definition) is 0. The van der Waals surface area contributed by atoms with Crippen molar-refractivity contribution in [3.63, 3.8) is 0 Å². The fourth-order valence-corrected chi connectivity index (χ4v) is 1.72. The standard InChI is InChI=1S/C9H13BrN4/c1-13-4-6-14(7-5-13)9-3-2-8(10)11-12-9/h2-3H,4-7H2,1H3. The maximum absolute atomic E-state index is 4.14. The zero-order valence-corrected chi connectivity index (χ0v) is 9.74. The van der Waals surface area contributed by atoms with E-state index in [9.17, 15) is 0 Å². The van der Waals surface area contributed by atoms with Gasteiger partial charge in [0.25, 0.3) is 0 Å². The molecule has 0 radical (unpaired) electrons. The summed E-state index contributed by atoms with van der Waals surface area (Å²) in [6, 6.07) is 3.93. The van der Waals surface area contributed by atoms with Gasteiger partial charge in [-0.1, -0.05) is 0 Å². The monoisotopic (exact) mass is 256 g/mol. The van der Waals surface area contributed by atoms with Gasteiger partial charge in [0.2, 0.25) is 0 Å². The van der Waals surface area contributed by atoms with Gasteiger partial charge in [-0.15, -0.1) is 10.2 Å². The van der Waals surface area contributed by atoms with Crippen molar-refractivity contribution in [3.8, 4) is 0 Å². The molecule has 76 valence electrons. The van der Waals surface area contributed by atoms with Crippen molar-refractivity contribution in [2.45, 2.75) is 0 Å². The molecule has 1 aromatic rings. The van der Waals surface area contributed by atoms with Crippen molar-refractivity contribution in [2.24, 2.45) is 0 Å². The van der Waals surface area contributed by atoms with Crippen molar-refractivity contribution in [1.29, 1.82) is 0 Å². The normalized spacial score (nSPS) is 18.6. The molecule has 1 aliphatic heterocycles. The van der Waals surface area contributed by atoms with Gasteiger partial charge >= 0.3 is 0 Å². The van der Waals surface area contributed by atoms with Crippen LogP contribution < -0.4 is 4.90 Å².